The molecule has 2 atom stereocenters. The summed E-state index contributed by atoms with van der Waals surface area (Å²) < 4.78 is 27.7. The number of carbonyl (C=O) groups excluding carboxylic acids is 1. The van der Waals surface area contributed by atoms with Crippen molar-refractivity contribution < 1.29 is 18.7 Å². The normalized spacial score (nSPS) is 13.0. The van der Waals surface area contributed by atoms with Gasteiger partial charge in [0.15, 0.2) is 0 Å². The smallest absolute Gasteiger partial charge is 0.253 e. The van der Waals surface area contributed by atoms with E-state index in [1.54, 1.807) is 6.07 Å². The van der Waals surface area contributed by atoms with Crippen LogP contribution in [-0.4, -0.2) is 34.7 Å². The number of aryl methyl sites for hydroxylation is 3. The molecule has 0 unspecified atom stereocenters. The fourth-order valence-electron chi connectivity index (χ4n) is 4.65. The van der Waals surface area contributed by atoms with Crippen molar-refractivity contribution in [2.24, 2.45) is 0 Å². The monoisotopic (exact) mass is 505 g/mol. The highest BCUT2D eigenvalue weighted by Crippen LogP contribution is 2.24. The number of para-hydroxylation sites is 1. The van der Waals surface area contributed by atoms with Crippen LogP contribution in [-0.2, 0) is 19.4 Å². The van der Waals surface area contributed by atoms with Gasteiger partial charge in [-0.25, -0.2) is 8.78 Å². The van der Waals surface area contributed by atoms with Crippen molar-refractivity contribution in [3.8, 4) is 0 Å². The van der Waals surface area contributed by atoms with E-state index in [0.717, 1.165) is 34.7 Å². The number of carbonyl (C=O) groups is 1. The van der Waals surface area contributed by atoms with Crippen molar-refractivity contribution >= 4 is 16.8 Å². The van der Waals surface area contributed by atoms with Crippen LogP contribution >= 0.6 is 0 Å². The molecule has 1 heterocycles. The summed E-state index contributed by atoms with van der Waals surface area (Å²) in [6.07, 6.45) is -0.00898. The highest BCUT2D eigenvalue weighted by Gasteiger charge is 2.24. The average Bonchev–Trinajstić information content (AvgIpc) is 3.16. The minimum absolute atomic E-state index is 0.0628. The third-order valence-corrected chi connectivity index (χ3v) is 6.83. The third kappa shape index (κ3) is 6.42. The molecule has 5 nitrogen and oxygen atoms in total. The predicted molar refractivity (Wildman–Crippen MR) is 143 cm³/mol. The van der Waals surface area contributed by atoms with Crippen molar-refractivity contribution in [1.82, 2.24) is 15.6 Å². The Kier molecular flexibility index (Phi) is 8.36. The molecule has 0 aliphatic rings. The Hall–Kier alpha value is -3.55. The van der Waals surface area contributed by atoms with Crippen LogP contribution in [0.5, 0.6) is 0 Å². The van der Waals surface area contributed by atoms with E-state index in [4.69, 9.17) is 0 Å². The first kappa shape index (κ1) is 26.5. The Morgan fingerprint density at radius 2 is 1.68 bits per heavy atom. The molecule has 0 aliphatic heterocycles. The van der Waals surface area contributed by atoms with E-state index in [-0.39, 0.29) is 18.9 Å². The molecule has 0 fully saturated rings. The number of benzene rings is 3. The Balaban J connectivity index is 1.53. The molecule has 3 aromatic carbocycles. The number of rotatable bonds is 10. The second-order valence-corrected chi connectivity index (χ2v) is 9.54. The second-order valence-electron chi connectivity index (χ2n) is 9.54. The number of aromatic amines is 1. The fourth-order valence-corrected chi connectivity index (χ4v) is 4.65. The van der Waals surface area contributed by atoms with Gasteiger partial charge in [0.25, 0.3) is 5.91 Å². The molecule has 0 saturated carbocycles. The molecule has 1 amide bonds. The molecule has 37 heavy (non-hydrogen) atoms. The van der Waals surface area contributed by atoms with Gasteiger partial charge < -0.3 is 20.7 Å². The van der Waals surface area contributed by atoms with Gasteiger partial charge in [-0.2, -0.15) is 0 Å². The van der Waals surface area contributed by atoms with Crippen molar-refractivity contribution in [2.45, 2.75) is 52.3 Å². The first-order valence-electron chi connectivity index (χ1n) is 12.6. The van der Waals surface area contributed by atoms with Crippen LogP contribution in [0.15, 0.2) is 60.7 Å². The summed E-state index contributed by atoms with van der Waals surface area (Å²) in [4.78, 5) is 16.6. The molecular formula is C30H33F2N3O2. The number of nitrogens with one attached hydrogen (secondary N) is 3. The highest BCUT2D eigenvalue weighted by molar-refractivity contribution is 6.06. The molecule has 4 aromatic rings. The molecule has 7 heteroatoms. The zero-order valence-corrected chi connectivity index (χ0v) is 21.4. The summed E-state index contributed by atoms with van der Waals surface area (Å²) in [6, 6.07) is 16.1. The van der Waals surface area contributed by atoms with E-state index in [2.05, 4.69) is 34.7 Å². The number of hydrogen-bond donors (Lipinski definition) is 4. The molecule has 0 saturated heterocycles. The largest absolute Gasteiger partial charge is 0.390 e. The number of halogens is 2. The SMILES string of the molecule is CCc1cccc(CNC[C@@H](O)[C@H](Cc2cc(F)cc(F)c2)NC(=O)c2cccc3c(C)c(C)[nH]c23)c1. The molecule has 194 valence electrons. The van der Waals surface area contributed by atoms with Gasteiger partial charge in [-0.15, -0.1) is 0 Å². The van der Waals surface area contributed by atoms with Crippen LogP contribution in [0.2, 0.25) is 0 Å². The van der Waals surface area contributed by atoms with E-state index in [0.29, 0.717) is 23.2 Å². The number of aromatic nitrogens is 1. The van der Waals surface area contributed by atoms with E-state index in [1.807, 2.05) is 38.1 Å². The van der Waals surface area contributed by atoms with Gasteiger partial charge >= 0.3 is 0 Å². The van der Waals surface area contributed by atoms with Crippen LogP contribution in [0.3, 0.4) is 0 Å². The lowest BCUT2D eigenvalue weighted by Gasteiger charge is -2.25. The molecule has 0 spiro atoms. The Labute approximate surface area is 215 Å². The molecule has 0 bridgehead atoms. The second kappa shape index (κ2) is 11.7. The summed E-state index contributed by atoms with van der Waals surface area (Å²) in [5, 5.41) is 18.2. The maximum atomic E-state index is 13.9. The fraction of sp³-hybridized carbons (Fsp3) is 0.300. The van der Waals surface area contributed by atoms with Crippen molar-refractivity contribution in [3.05, 3.63) is 106 Å². The standard InChI is InChI=1S/C30H33F2N3O2/c1-4-20-7-5-8-21(11-20)16-33-17-28(36)27(14-22-12-23(31)15-24(32)13-22)35-30(37)26-10-6-9-25-18(2)19(3)34-29(25)26/h5-13,15,27-28,33-34,36H,4,14,16-17H2,1-3H3,(H,35,37)/t27-,28+/m0/s1. The lowest BCUT2D eigenvalue weighted by atomic mass is 9.99. The van der Waals surface area contributed by atoms with E-state index >= 15 is 0 Å². The Morgan fingerprint density at radius 3 is 2.41 bits per heavy atom. The van der Waals surface area contributed by atoms with Gasteiger partial charge in [-0.3, -0.25) is 4.79 Å². The van der Waals surface area contributed by atoms with Crippen LogP contribution in [0.4, 0.5) is 8.78 Å². The minimum Gasteiger partial charge on any atom is -0.390 e. The molecule has 0 aliphatic carbocycles. The van der Waals surface area contributed by atoms with Gasteiger partial charge in [0.1, 0.15) is 11.6 Å². The average molecular weight is 506 g/mol. The van der Waals surface area contributed by atoms with E-state index in [9.17, 15) is 18.7 Å². The maximum Gasteiger partial charge on any atom is 0.253 e. The number of fused-ring (bicyclic) bond motifs is 1. The van der Waals surface area contributed by atoms with Crippen molar-refractivity contribution in [1.29, 1.82) is 0 Å². The van der Waals surface area contributed by atoms with Gasteiger partial charge in [0.2, 0.25) is 0 Å². The van der Waals surface area contributed by atoms with E-state index < -0.39 is 23.8 Å². The number of aliphatic hydroxyl groups excluding tert-OH is 1. The first-order chi connectivity index (χ1) is 17.7. The lowest BCUT2D eigenvalue weighted by molar-refractivity contribution is 0.0831. The molecule has 4 rings (SSSR count). The number of hydrogen-bond acceptors (Lipinski definition) is 3. The number of aliphatic hydroxyl groups is 1. The Morgan fingerprint density at radius 1 is 0.973 bits per heavy atom. The lowest BCUT2D eigenvalue weighted by Crippen LogP contribution is -2.48. The molecule has 4 N–H and O–H groups in total. The van der Waals surface area contributed by atoms with Crippen LogP contribution in [0.1, 0.15) is 45.2 Å². The van der Waals surface area contributed by atoms with Crippen molar-refractivity contribution in [2.75, 3.05) is 6.54 Å². The summed E-state index contributed by atoms with van der Waals surface area (Å²) in [6.45, 7) is 6.76. The quantitative estimate of drug-likeness (QED) is 0.242. The predicted octanol–water partition coefficient (Wildman–Crippen LogP) is 5.12. The topological polar surface area (TPSA) is 77.2 Å². The Bertz CT molecular complexity index is 1380. The minimum atomic E-state index is -1.00. The summed E-state index contributed by atoms with van der Waals surface area (Å²) in [5.74, 6) is -1.78. The summed E-state index contributed by atoms with van der Waals surface area (Å²) >= 11 is 0. The molecular weight excluding hydrogens is 472 g/mol. The highest BCUT2D eigenvalue weighted by atomic mass is 19.1. The molecule has 0 radical (unpaired) electrons. The van der Waals surface area contributed by atoms with E-state index in [1.165, 1.54) is 17.7 Å². The first-order valence-corrected chi connectivity index (χ1v) is 12.6. The number of H-pyrrole nitrogens is 1. The van der Waals surface area contributed by atoms with Crippen LogP contribution in [0.25, 0.3) is 10.9 Å². The molecule has 1 aromatic heterocycles. The van der Waals surface area contributed by atoms with Gasteiger partial charge in [-0.05, 0) is 67.1 Å². The zero-order valence-electron chi connectivity index (χ0n) is 21.4. The number of amides is 1. The van der Waals surface area contributed by atoms with Crippen molar-refractivity contribution in [3.63, 3.8) is 0 Å². The van der Waals surface area contributed by atoms with Gasteiger partial charge in [0.05, 0.1) is 23.2 Å². The van der Waals surface area contributed by atoms with Crippen LogP contribution < -0.4 is 10.6 Å². The maximum absolute atomic E-state index is 13.9. The van der Waals surface area contributed by atoms with Gasteiger partial charge in [0, 0.05) is 30.2 Å². The van der Waals surface area contributed by atoms with Gasteiger partial charge in [-0.1, -0.05) is 43.3 Å². The third-order valence-electron chi connectivity index (χ3n) is 6.83. The van der Waals surface area contributed by atoms with Crippen LogP contribution in [0, 0.1) is 25.5 Å². The summed E-state index contributed by atoms with van der Waals surface area (Å²) in [7, 11) is 0. The zero-order chi connectivity index (χ0) is 26.5. The summed E-state index contributed by atoms with van der Waals surface area (Å²) in [5.41, 5.74) is 5.86.